The van der Waals surface area contributed by atoms with Crippen LogP contribution >= 0.6 is 0 Å². The zero-order valence-electron chi connectivity index (χ0n) is 16.6. The molecule has 9 heteroatoms. The predicted molar refractivity (Wildman–Crippen MR) is 113 cm³/mol. The highest BCUT2D eigenvalue weighted by atomic mass is 16.5. The fourth-order valence-corrected chi connectivity index (χ4v) is 3.84. The number of carbonyl (C=O) groups excluding carboxylic acids is 1. The highest BCUT2D eigenvalue weighted by Gasteiger charge is 2.21. The van der Waals surface area contributed by atoms with Gasteiger partial charge in [-0.25, -0.2) is 20.4 Å². The van der Waals surface area contributed by atoms with Crippen molar-refractivity contribution in [3.05, 3.63) is 54.1 Å². The van der Waals surface area contributed by atoms with E-state index in [1.54, 1.807) is 11.6 Å². The molecular weight excluding hydrogens is 382 g/mol. The molecule has 1 amide bonds. The monoisotopic (exact) mass is 407 g/mol. The normalized spacial score (nSPS) is 15.8. The number of imidazole rings is 1. The molecule has 4 N–H and O–H groups in total. The number of nitrogens with zero attached hydrogens (tertiary/aromatic N) is 5. The number of nitrogens with two attached hydrogens (primary N) is 1. The van der Waals surface area contributed by atoms with Crippen LogP contribution in [0.25, 0.3) is 17.2 Å². The fourth-order valence-electron chi connectivity index (χ4n) is 3.84. The van der Waals surface area contributed by atoms with Gasteiger partial charge < -0.3 is 10.3 Å². The number of piperidine rings is 1. The summed E-state index contributed by atoms with van der Waals surface area (Å²) in [4.78, 5) is 26.2. The average Bonchev–Trinajstić information content (AvgIpc) is 3.18. The van der Waals surface area contributed by atoms with E-state index in [-0.39, 0.29) is 0 Å². The molecular formula is C21H25N7O2. The molecule has 0 atom stereocenters. The molecule has 2 aromatic heterocycles. The lowest BCUT2D eigenvalue weighted by molar-refractivity contribution is -0.124. The Kier molecular flexibility index (Phi) is 6.01. The number of aromatic nitrogens is 4. The Labute approximate surface area is 174 Å². The van der Waals surface area contributed by atoms with Crippen LogP contribution in [0.4, 0.5) is 5.82 Å². The molecule has 0 aliphatic carbocycles. The smallest absolute Gasteiger partial charge is 0.267 e. The molecule has 3 heterocycles. The molecule has 9 nitrogen and oxygen atoms in total. The van der Waals surface area contributed by atoms with Crippen molar-refractivity contribution in [1.29, 1.82) is 0 Å². The van der Waals surface area contributed by atoms with Gasteiger partial charge in [0.15, 0.2) is 11.5 Å². The number of nitrogen functional groups attached to an aromatic ring is 1. The van der Waals surface area contributed by atoms with E-state index in [2.05, 4.69) is 36.6 Å². The van der Waals surface area contributed by atoms with Crippen molar-refractivity contribution in [1.82, 2.24) is 29.9 Å². The fraction of sp³-hybridized carbons (Fsp3) is 0.333. The highest BCUT2D eigenvalue weighted by Crippen LogP contribution is 2.23. The molecule has 4 rings (SSSR count). The Morgan fingerprint density at radius 1 is 1.20 bits per heavy atom. The first-order valence-corrected chi connectivity index (χ1v) is 9.97. The lowest BCUT2D eigenvalue weighted by Gasteiger charge is -2.32. The molecule has 0 bridgehead atoms. The number of hydrogen-bond donors (Lipinski definition) is 3. The van der Waals surface area contributed by atoms with Gasteiger partial charge in [0.25, 0.3) is 5.91 Å². The van der Waals surface area contributed by atoms with Crippen molar-refractivity contribution >= 4 is 29.0 Å². The summed E-state index contributed by atoms with van der Waals surface area (Å²) in [7, 11) is 0. The SMILES string of the molecule is Nc1ncnc2c1ncn2CC1CCN(Cc2ccc(/C=C/C(=O)NO)cc2)CC1. The van der Waals surface area contributed by atoms with Crippen LogP contribution in [-0.4, -0.2) is 48.6 Å². The second-order valence-electron chi connectivity index (χ2n) is 7.60. The standard InChI is InChI=1S/C21H25N7O2/c22-20-19-21(24-13-23-20)28(14-25-19)12-17-7-9-27(10-8-17)11-16-3-1-15(2-4-16)5-6-18(29)26-30/h1-6,13-14,17,30H,7-12H2,(H,26,29)(H2,22,23,24)/b6-5+. The van der Waals surface area contributed by atoms with E-state index in [4.69, 9.17) is 10.9 Å². The molecule has 1 aliphatic rings. The number of amides is 1. The number of hydroxylamine groups is 1. The van der Waals surface area contributed by atoms with Gasteiger partial charge in [-0.15, -0.1) is 0 Å². The van der Waals surface area contributed by atoms with E-state index in [9.17, 15) is 4.79 Å². The van der Waals surface area contributed by atoms with E-state index in [1.807, 2.05) is 18.5 Å². The zero-order valence-corrected chi connectivity index (χ0v) is 16.6. The number of hydrogen-bond acceptors (Lipinski definition) is 7. The lowest BCUT2D eigenvalue weighted by atomic mass is 9.96. The maximum absolute atomic E-state index is 11.0. The van der Waals surface area contributed by atoms with Gasteiger partial charge in [-0.3, -0.25) is 14.9 Å². The summed E-state index contributed by atoms with van der Waals surface area (Å²) < 4.78 is 2.08. The summed E-state index contributed by atoms with van der Waals surface area (Å²) in [5, 5.41) is 8.52. The molecule has 156 valence electrons. The first kappa shape index (κ1) is 20.0. The van der Waals surface area contributed by atoms with Gasteiger partial charge in [-0.05, 0) is 49.1 Å². The topological polar surface area (TPSA) is 122 Å². The number of nitrogens with one attached hydrogen (secondary N) is 1. The molecule has 0 spiro atoms. The highest BCUT2D eigenvalue weighted by molar-refractivity contribution is 5.90. The number of likely N-dealkylation sites (tertiary alicyclic amines) is 1. The molecule has 1 saturated heterocycles. The summed E-state index contributed by atoms with van der Waals surface area (Å²) >= 11 is 0. The quantitative estimate of drug-likeness (QED) is 0.324. The third-order valence-corrected chi connectivity index (χ3v) is 5.51. The second-order valence-corrected chi connectivity index (χ2v) is 7.60. The van der Waals surface area contributed by atoms with Crippen molar-refractivity contribution in [2.45, 2.75) is 25.9 Å². The van der Waals surface area contributed by atoms with E-state index in [0.717, 1.165) is 50.2 Å². The Morgan fingerprint density at radius 3 is 2.70 bits per heavy atom. The van der Waals surface area contributed by atoms with E-state index in [1.165, 1.54) is 18.0 Å². The molecule has 0 saturated carbocycles. The molecule has 0 unspecified atom stereocenters. The first-order chi connectivity index (χ1) is 14.6. The van der Waals surface area contributed by atoms with Crippen LogP contribution in [0, 0.1) is 5.92 Å². The van der Waals surface area contributed by atoms with Gasteiger partial charge in [0.1, 0.15) is 11.8 Å². The minimum absolute atomic E-state index is 0.423. The second kappa shape index (κ2) is 9.02. The van der Waals surface area contributed by atoms with Crippen LogP contribution in [0.15, 0.2) is 43.0 Å². The molecule has 0 radical (unpaired) electrons. The van der Waals surface area contributed by atoms with Crippen molar-refractivity contribution < 1.29 is 10.0 Å². The number of carbonyl (C=O) groups is 1. The Hall–Kier alpha value is -3.30. The maximum atomic E-state index is 11.0. The van der Waals surface area contributed by atoms with Crippen molar-refractivity contribution in [3.63, 3.8) is 0 Å². The van der Waals surface area contributed by atoms with Gasteiger partial charge in [-0.2, -0.15) is 0 Å². The number of fused-ring (bicyclic) bond motifs is 1. The van der Waals surface area contributed by atoms with Crippen LogP contribution in [0.1, 0.15) is 24.0 Å². The molecule has 30 heavy (non-hydrogen) atoms. The first-order valence-electron chi connectivity index (χ1n) is 9.97. The molecule has 3 aromatic rings. The van der Waals surface area contributed by atoms with Crippen molar-refractivity contribution in [2.75, 3.05) is 18.8 Å². The van der Waals surface area contributed by atoms with E-state index >= 15 is 0 Å². The van der Waals surface area contributed by atoms with Gasteiger partial charge in [-0.1, -0.05) is 24.3 Å². The Morgan fingerprint density at radius 2 is 1.97 bits per heavy atom. The van der Waals surface area contributed by atoms with Gasteiger partial charge in [0.2, 0.25) is 0 Å². The summed E-state index contributed by atoms with van der Waals surface area (Å²) in [5.74, 6) is 0.466. The van der Waals surface area contributed by atoms with Crippen LogP contribution in [0.5, 0.6) is 0 Å². The Balaban J connectivity index is 1.29. The third kappa shape index (κ3) is 4.64. The third-order valence-electron chi connectivity index (χ3n) is 5.51. The number of anilines is 1. The summed E-state index contributed by atoms with van der Waals surface area (Å²) in [6, 6.07) is 8.09. The van der Waals surface area contributed by atoms with Gasteiger partial charge >= 0.3 is 0 Å². The predicted octanol–water partition coefficient (Wildman–Crippen LogP) is 1.84. The average molecular weight is 407 g/mol. The van der Waals surface area contributed by atoms with Crippen molar-refractivity contribution in [3.8, 4) is 0 Å². The zero-order chi connectivity index (χ0) is 20.9. The minimum atomic E-state index is -0.540. The summed E-state index contributed by atoms with van der Waals surface area (Å²) in [5.41, 5.74) is 11.1. The summed E-state index contributed by atoms with van der Waals surface area (Å²) in [6.45, 7) is 3.90. The van der Waals surface area contributed by atoms with Crippen LogP contribution in [0.3, 0.4) is 0 Å². The number of rotatable bonds is 6. The van der Waals surface area contributed by atoms with Crippen LogP contribution in [-0.2, 0) is 17.9 Å². The van der Waals surface area contributed by atoms with E-state index < -0.39 is 5.91 Å². The van der Waals surface area contributed by atoms with Gasteiger partial charge in [0.05, 0.1) is 6.33 Å². The Bertz CT molecular complexity index is 1040. The largest absolute Gasteiger partial charge is 0.382 e. The number of benzene rings is 1. The minimum Gasteiger partial charge on any atom is -0.382 e. The van der Waals surface area contributed by atoms with Crippen LogP contribution < -0.4 is 11.2 Å². The lowest BCUT2D eigenvalue weighted by Crippen LogP contribution is -2.34. The molecule has 1 aliphatic heterocycles. The van der Waals surface area contributed by atoms with E-state index in [0.29, 0.717) is 17.3 Å². The summed E-state index contributed by atoms with van der Waals surface area (Å²) in [6.07, 6.45) is 8.50. The van der Waals surface area contributed by atoms with Crippen LogP contribution in [0.2, 0.25) is 0 Å². The maximum Gasteiger partial charge on any atom is 0.267 e. The molecule has 1 fully saturated rings. The van der Waals surface area contributed by atoms with Gasteiger partial charge in [0, 0.05) is 19.2 Å². The van der Waals surface area contributed by atoms with Crippen molar-refractivity contribution in [2.24, 2.45) is 5.92 Å². The molecule has 1 aromatic carbocycles.